The van der Waals surface area contributed by atoms with E-state index in [1.54, 1.807) is 12.1 Å². The van der Waals surface area contributed by atoms with E-state index in [9.17, 15) is 5.11 Å². The van der Waals surface area contributed by atoms with Crippen LogP contribution in [-0.4, -0.2) is 51.1 Å². The van der Waals surface area contributed by atoms with Gasteiger partial charge in [0.05, 0.1) is 11.3 Å². The summed E-state index contributed by atoms with van der Waals surface area (Å²) in [7, 11) is 0. The number of phenolic OH excluding ortho intramolecular Hbond substituents is 1. The van der Waals surface area contributed by atoms with Gasteiger partial charge in [-0.05, 0) is 36.4 Å². The van der Waals surface area contributed by atoms with E-state index in [2.05, 4.69) is 49.8 Å². The maximum absolute atomic E-state index is 10.4. The standard InChI is InChI=1S/C24H24N6O/c31-22-14-8-7-13-21(22)23-25-26-24(30(23)20-11-5-2-6-12-20)27-29-17-15-28(16-18-29)19-9-3-1-4-10-19/h1-14,31H,15-18H2,(H,26,27). The van der Waals surface area contributed by atoms with E-state index in [-0.39, 0.29) is 5.75 Å². The Morgan fingerprint density at radius 2 is 1.29 bits per heavy atom. The maximum Gasteiger partial charge on any atom is 0.244 e. The highest BCUT2D eigenvalue weighted by Crippen LogP contribution is 2.31. The predicted octanol–water partition coefficient (Wildman–Crippen LogP) is 3.79. The van der Waals surface area contributed by atoms with Crippen molar-refractivity contribution >= 4 is 11.6 Å². The number of hydrogen-bond donors (Lipinski definition) is 2. The first-order valence-electron chi connectivity index (χ1n) is 10.4. The van der Waals surface area contributed by atoms with E-state index in [0.29, 0.717) is 17.3 Å². The van der Waals surface area contributed by atoms with Crippen molar-refractivity contribution in [1.82, 2.24) is 19.8 Å². The summed E-state index contributed by atoms with van der Waals surface area (Å²) >= 11 is 0. The van der Waals surface area contributed by atoms with Crippen LogP contribution < -0.4 is 10.3 Å². The molecule has 1 aliphatic heterocycles. The molecule has 3 aromatic carbocycles. The third-order valence-electron chi connectivity index (χ3n) is 5.48. The van der Waals surface area contributed by atoms with Crippen LogP contribution in [0.3, 0.4) is 0 Å². The van der Waals surface area contributed by atoms with Crippen LogP contribution in [0, 0.1) is 0 Å². The van der Waals surface area contributed by atoms with Crippen molar-refractivity contribution in [2.24, 2.45) is 0 Å². The minimum atomic E-state index is 0.176. The molecule has 1 aliphatic rings. The van der Waals surface area contributed by atoms with Gasteiger partial charge in [0.2, 0.25) is 5.95 Å². The van der Waals surface area contributed by atoms with Crippen LogP contribution in [0.2, 0.25) is 0 Å². The Balaban J connectivity index is 1.41. The van der Waals surface area contributed by atoms with Crippen molar-refractivity contribution < 1.29 is 5.11 Å². The van der Waals surface area contributed by atoms with Gasteiger partial charge in [-0.15, -0.1) is 10.2 Å². The summed E-state index contributed by atoms with van der Waals surface area (Å²) in [5.74, 6) is 1.39. The molecule has 1 saturated heterocycles. The van der Waals surface area contributed by atoms with E-state index in [0.717, 1.165) is 31.9 Å². The predicted molar refractivity (Wildman–Crippen MR) is 122 cm³/mol. The molecule has 2 N–H and O–H groups in total. The molecular weight excluding hydrogens is 388 g/mol. The lowest BCUT2D eigenvalue weighted by atomic mass is 10.2. The highest BCUT2D eigenvalue weighted by Gasteiger charge is 2.22. The van der Waals surface area contributed by atoms with Crippen LogP contribution in [0.4, 0.5) is 11.6 Å². The smallest absolute Gasteiger partial charge is 0.244 e. The maximum atomic E-state index is 10.4. The van der Waals surface area contributed by atoms with Crippen LogP contribution in [-0.2, 0) is 0 Å². The van der Waals surface area contributed by atoms with E-state index in [1.165, 1.54) is 5.69 Å². The van der Waals surface area contributed by atoms with Gasteiger partial charge in [0, 0.05) is 31.9 Å². The first-order valence-corrected chi connectivity index (χ1v) is 10.4. The molecule has 1 aromatic heterocycles. The van der Waals surface area contributed by atoms with Gasteiger partial charge in [-0.25, -0.2) is 5.01 Å². The van der Waals surface area contributed by atoms with Crippen molar-refractivity contribution in [2.75, 3.05) is 36.5 Å². The number of phenols is 1. The topological polar surface area (TPSA) is 69.5 Å². The highest BCUT2D eigenvalue weighted by molar-refractivity contribution is 5.67. The summed E-state index contributed by atoms with van der Waals surface area (Å²) in [5.41, 5.74) is 6.26. The molecule has 0 unspecified atom stereocenters. The van der Waals surface area contributed by atoms with Crippen molar-refractivity contribution in [3.8, 4) is 22.8 Å². The number of aromatic hydroxyl groups is 1. The van der Waals surface area contributed by atoms with Crippen molar-refractivity contribution in [1.29, 1.82) is 0 Å². The zero-order valence-corrected chi connectivity index (χ0v) is 17.1. The molecule has 156 valence electrons. The van der Waals surface area contributed by atoms with Gasteiger partial charge >= 0.3 is 0 Å². The largest absolute Gasteiger partial charge is 0.507 e. The number of piperazine rings is 1. The van der Waals surface area contributed by atoms with E-state index < -0.39 is 0 Å². The molecule has 0 radical (unpaired) electrons. The quantitative estimate of drug-likeness (QED) is 0.520. The van der Waals surface area contributed by atoms with Crippen molar-refractivity contribution in [3.63, 3.8) is 0 Å². The van der Waals surface area contributed by atoms with Gasteiger partial charge in [-0.2, -0.15) is 0 Å². The number of aromatic nitrogens is 3. The number of para-hydroxylation sites is 3. The third kappa shape index (κ3) is 3.95. The zero-order chi connectivity index (χ0) is 21.0. The fourth-order valence-corrected chi connectivity index (χ4v) is 3.87. The molecule has 1 fully saturated rings. The molecule has 7 heteroatoms. The molecule has 7 nitrogen and oxygen atoms in total. The van der Waals surface area contributed by atoms with Gasteiger partial charge < -0.3 is 10.0 Å². The van der Waals surface area contributed by atoms with Crippen LogP contribution in [0.25, 0.3) is 17.1 Å². The molecule has 0 bridgehead atoms. The van der Waals surface area contributed by atoms with E-state index in [4.69, 9.17) is 0 Å². The SMILES string of the molecule is Oc1ccccc1-c1nnc(NN2CCN(c3ccccc3)CC2)n1-c1ccccc1. The molecule has 0 amide bonds. The Morgan fingerprint density at radius 3 is 1.97 bits per heavy atom. The Kier molecular flexibility index (Phi) is 5.24. The zero-order valence-electron chi connectivity index (χ0n) is 17.1. The number of benzene rings is 3. The molecule has 31 heavy (non-hydrogen) atoms. The summed E-state index contributed by atoms with van der Waals surface area (Å²) in [6.07, 6.45) is 0. The molecule has 5 rings (SSSR count). The minimum Gasteiger partial charge on any atom is -0.507 e. The van der Waals surface area contributed by atoms with E-state index in [1.807, 2.05) is 53.1 Å². The first-order chi connectivity index (χ1) is 15.3. The lowest BCUT2D eigenvalue weighted by molar-refractivity contribution is 0.305. The van der Waals surface area contributed by atoms with Gasteiger partial charge in [-0.3, -0.25) is 9.99 Å². The number of hydrogen-bond acceptors (Lipinski definition) is 6. The van der Waals surface area contributed by atoms with Crippen LogP contribution in [0.5, 0.6) is 5.75 Å². The summed E-state index contributed by atoms with van der Waals surface area (Å²) in [6.45, 7) is 3.54. The third-order valence-corrected chi connectivity index (χ3v) is 5.48. The Hall–Kier alpha value is -3.84. The second kappa shape index (κ2) is 8.49. The summed E-state index contributed by atoms with van der Waals surface area (Å²) < 4.78 is 1.94. The Labute approximate surface area is 181 Å². The Bertz CT molecular complexity index is 1140. The second-order valence-electron chi connectivity index (χ2n) is 7.46. The fourth-order valence-electron chi connectivity index (χ4n) is 3.87. The molecule has 0 spiro atoms. The van der Waals surface area contributed by atoms with Crippen molar-refractivity contribution in [3.05, 3.63) is 84.9 Å². The average molecular weight is 412 g/mol. The minimum absolute atomic E-state index is 0.176. The van der Waals surface area contributed by atoms with Crippen LogP contribution in [0.15, 0.2) is 84.9 Å². The van der Waals surface area contributed by atoms with Gasteiger partial charge in [-0.1, -0.05) is 48.5 Å². The lowest BCUT2D eigenvalue weighted by Gasteiger charge is -2.36. The molecular formula is C24H24N6O. The Morgan fingerprint density at radius 1 is 0.677 bits per heavy atom. The lowest BCUT2D eigenvalue weighted by Crippen LogP contribution is -2.49. The van der Waals surface area contributed by atoms with Crippen molar-refractivity contribution in [2.45, 2.75) is 0 Å². The number of anilines is 2. The first kappa shape index (κ1) is 19.1. The number of nitrogens with one attached hydrogen (secondary N) is 1. The molecule has 0 aliphatic carbocycles. The summed E-state index contributed by atoms with van der Waals surface area (Å²) in [5, 5.41) is 21.4. The normalized spacial score (nSPS) is 14.5. The van der Waals surface area contributed by atoms with Crippen LogP contribution in [0.1, 0.15) is 0 Å². The number of hydrazine groups is 1. The average Bonchev–Trinajstić information content (AvgIpc) is 3.24. The summed E-state index contributed by atoms with van der Waals surface area (Å²) in [4.78, 5) is 2.38. The van der Waals surface area contributed by atoms with E-state index >= 15 is 0 Å². The molecule has 4 aromatic rings. The monoisotopic (exact) mass is 412 g/mol. The second-order valence-corrected chi connectivity index (χ2v) is 7.46. The number of nitrogens with zero attached hydrogens (tertiary/aromatic N) is 5. The van der Waals surface area contributed by atoms with Gasteiger partial charge in [0.1, 0.15) is 5.75 Å². The van der Waals surface area contributed by atoms with Gasteiger partial charge in [0.15, 0.2) is 5.82 Å². The van der Waals surface area contributed by atoms with Gasteiger partial charge in [0.25, 0.3) is 0 Å². The molecule has 0 saturated carbocycles. The summed E-state index contributed by atoms with van der Waals surface area (Å²) in [6, 6.07) is 27.6. The van der Waals surface area contributed by atoms with Crippen LogP contribution >= 0.6 is 0 Å². The fraction of sp³-hybridized carbons (Fsp3) is 0.167. The molecule has 0 atom stereocenters. The molecule has 2 heterocycles. The number of rotatable bonds is 5. The highest BCUT2D eigenvalue weighted by atomic mass is 16.3.